The van der Waals surface area contributed by atoms with E-state index in [9.17, 15) is 0 Å². The van der Waals surface area contributed by atoms with E-state index in [0.29, 0.717) is 0 Å². The predicted molar refractivity (Wildman–Crippen MR) is 20.9 cm³/mol. The SMILES string of the molecule is O=S(=O)([O-])[O-].O=S(=O)([O-])[O-].[Cl-].[Cl-].[Cu+2].[Cu+2].[Cu+2]. The van der Waals surface area contributed by atoms with Gasteiger partial charge in [-0.05, 0) is 0 Å². The average molecular weight is 454 g/mol. The summed E-state index contributed by atoms with van der Waals surface area (Å²) >= 11 is 0. The molecule has 0 aromatic heterocycles. The zero-order valence-electron chi connectivity index (χ0n) is 5.74. The van der Waals surface area contributed by atoms with E-state index in [4.69, 9.17) is 35.0 Å². The second kappa shape index (κ2) is 18.2. The van der Waals surface area contributed by atoms with E-state index < -0.39 is 20.8 Å². The van der Waals surface area contributed by atoms with E-state index >= 15 is 0 Å². The maximum absolute atomic E-state index is 8.52. The Bertz CT molecular complexity index is 222. The van der Waals surface area contributed by atoms with Crippen LogP contribution in [0.4, 0.5) is 0 Å². The molecule has 0 aliphatic heterocycles. The molecule has 15 heavy (non-hydrogen) atoms. The summed E-state index contributed by atoms with van der Waals surface area (Å²) in [5.41, 5.74) is 0. The molecule has 0 spiro atoms. The summed E-state index contributed by atoms with van der Waals surface area (Å²) in [5, 5.41) is 0. The van der Waals surface area contributed by atoms with Crippen LogP contribution in [-0.4, -0.2) is 35.0 Å². The second-order valence-corrected chi connectivity index (χ2v) is 2.45. The van der Waals surface area contributed by atoms with Gasteiger partial charge in [0.1, 0.15) is 0 Å². The Labute approximate surface area is 131 Å². The summed E-state index contributed by atoms with van der Waals surface area (Å²) in [4.78, 5) is 0. The molecular formula is Cl2Cu3O8S2. The van der Waals surface area contributed by atoms with Crippen LogP contribution in [0.25, 0.3) is 0 Å². The van der Waals surface area contributed by atoms with Gasteiger partial charge < -0.3 is 43.0 Å². The van der Waals surface area contributed by atoms with E-state index in [0.717, 1.165) is 0 Å². The van der Waals surface area contributed by atoms with Crippen molar-refractivity contribution in [2.75, 3.05) is 0 Å². The molecule has 3 radical (unpaired) electrons. The third-order valence-corrected chi connectivity index (χ3v) is 0. The number of halogens is 2. The zero-order valence-corrected chi connectivity index (χ0v) is 11.7. The fraction of sp³-hybridized carbons (Fsp3) is 0. The molecule has 0 aromatic carbocycles. The van der Waals surface area contributed by atoms with Crippen LogP contribution in [0.1, 0.15) is 0 Å². The molecule has 15 heteroatoms. The van der Waals surface area contributed by atoms with Crippen LogP contribution in [0.15, 0.2) is 0 Å². The van der Waals surface area contributed by atoms with Gasteiger partial charge in [0, 0.05) is 20.8 Å². The average Bonchev–Trinajstić information content (AvgIpc) is 1.12. The summed E-state index contributed by atoms with van der Waals surface area (Å²) in [6, 6.07) is 0. The molecule has 0 rings (SSSR count). The first-order valence-corrected chi connectivity index (χ1v) is 4.00. The molecule has 0 heterocycles. The monoisotopic (exact) mass is 451 g/mol. The Hall–Kier alpha value is 1.88. The molecule has 0 aliphatic rings. The Balaban J connectivity index is -0.0000000128. The van der Waals surface area contributed by atoms with Crippen LogP contribution >= 0.6 is 0 Å². The maximum Gasteiger partial charge on any atom is 2.00 e. The van der Waals surface area contributed by atoms with Gasteiger partial charge in [-0.15, -0.1) is 0 Å². The van der Waals surface area contributed by atoms with Gasteiger partial charge in [-0.1, -0.05) is 0 Å². The van der Waals surface area contributed by atoms with Gasteiger partial charge in [0.25, 0.3) is 0 Å². The van der Waals surface area contributed by atoms with Crippen molar-refractivity contribution in [3.8, 4) is 0 Å². The summed E-state index contributed by atoms with van der Waals surface area (Å²) in [5.74, 6) is 0. The molecule has 0 bridgehead atoms. The van der Waals surface area contributed by atoms with Crippen molar-refractivity contribution in [3.05, 3.63) is 0 Å². The molecule has 107 valence electrons. The normalized spacial score (nSPS) is 7.73. The Morgan fingerprint density at radius 3 is 0.533 bits per heavy atom. The predicted octanol–water partition coefficient (Wildman–Crippen LogP) is -8.68. The van der Waals surface area contributed by atoms with Crippen LogP contribution in [0, 0.1) is 0 Å². The first-order chi connectivity index (χ1) is 4.00. The van der Waals surface area contributed by atoms with Gasteiger partial charge in [0.15, 0.2) is 0 Å². The minimum Gasteiger partial charge on any atom is -1.00 e. The topological polar surface area (TPSA) is 161 Å². The Morgan fingerprint density at radius 1 is 0.533 bits per heavy atom. The molecule has 8 nitrogen and oxygen atoms in total. The van der Waals surface area contributed by atoms with Crippen molar-refractivity contribution in [2.24, 2.45) is 0 Å². The van der Waals surface area contributed by atoms with Crippen molar-refractivity contribution in [2.45, 2.75) is 0 Å². The molecule has 0 saturated carbocycles. The van der Waals surface area contributed by atoms with Crippen molar-refractivity contribution in [3.63, 3.8) is 0 Å². The van der Waals surface area contributed by atoms with E-state index in [1.165, 1.54) is 0 Å². The van der Waals surface area contributed by atoms with Crippen LogP contribution in [-0.2, 0) is 72.0 Å². The second-order valence-electron chi connectivity index (χ2n) is 0.816. The van der Waals surface area contributed by atoms with Crippen LogP contribution in [0.5, 0.6) is 0 Å². The third kappa shape index (κ3) is 867. The van der Waals surface area contributed by atoms with Gasteiger partial charge in [-0.2, -0.15) is 0 Å². The first-order valence-electron chi connectivity index (χ1n) is 1.33. The smallest absolute Gasteiger partial charge is 1.00 e. The number of rotatable bonds is 0. The van der Waals surface area contributed by atoms with Crippen molar-refractivity contribution < 1.29 is 111 Å². The van der Waals surface area contributed by atoms with Crippen LogP contribution in [0.2, 0.25) is 0 Å². The van der Waals surface area contributed by atoms with Crippen molar-refractivity contribution in [1.29, 1.82) is 0 Å². The number of hydrogen-bond acceptors (Lipinski definition) is 8. The number of hydrogen-bond donors (Lipinski definition) is 0. The van der Waals surface area contributed by atoms with Gasteiger partial charge >= 0.3 is 51.2 Å². The van der Waals surface area contributed by atoms with Crippen LogP contribution in [0.3, 0.4) is 0 Å². The minimum atomic E-state index is -5.17. The van der Waals surface area contributed by atoms with Gasteiger partial charge in [-0.3, -0.25) is 16.8 Å². The standard InChI is InChI=1S/2ClH.3Cu.2H2O4S/c;;;;;2*1-5(2,3)4/h2*1H;;;;2*(H2,1,2,3,4)/q;;3*+2;;/p-6. The maximum atomic E-state index is 8.52. The Kier molecular flexibility index (Phi) is 53.1. The third-order valence-electron chi connectivity index (χ3n) is 0. The van der Waals surface area contributed by atoms with Gasteiger partial charge in [0.05, 0.1) is 0 Å². The van der Waals surface area contributed by atoms with E-state index in [1.54, 1.807) is 0 Å². The summed E-state index contributed by atoms with van der Waals surface area (Å²) in [7, 11) is -10.3. The van der Waals surface area contributed by atoms with E-state index in [-0.39, 0.29) is 76.0 Å². The fourth-order valence-corrected chi connectivity index (χ4v) is 0. The molecule has 0 amide bonds. The van der Waals surface area contributed by atoms with Gasteiger partial charge in [-0.25, -0.2) is 0 Å². The minimum absolute atomic E-state index is 0. The molecular weight excluding hydrogens is 454 g/mol. The molecule has 0 fully saturated rings. The summed E-state index contributed by atoms with van der Waals surface area (Å²) in [6.07, 6.45) is 0. The molecule has 0 unspecified atom stereocenters. The molecule has 0 aliphatic carbocycles. The molecule has 0 aromatic rings. The Morgan fingerprint density at radius 2 is 0.533 bits per heavy atom. The quantitative estimate of drug-likeness (QED) is 0.198. The van der Waals surface area contributed by atoms with E-state index in [2.05, 4.69) is 0 Å². The first kappa shape index (κ1) is 43.6. The molecule has 0 saturated heterocycles. The fourth-order valence-electron chi connectivity index (χ4n) is 0. The van der Waals surface area contributed by atoms with Crippen molar-refractivity contribution >= 4 is 20.8 Å². The van der Waals surface area contributed by atoms with Crippen LogP contribution < -0.4 is 24.8 Å². The molecule has 0 atom stereocenters. The summed E-state index contributed by atoms with van der Waals surface area (Å²) < 4.78 is 68.2. The summed E-state index contributed by atoms with van der Waals surface area (Å²) in [6.45, 7) is 0. The molecule has 0 N–H and O–H groups in total. The zero-order chi connectivity index (χ0) is 9.00. The van der Waals surface area contributed by atoms with E-state index in [1.807, 2.05) is 0 Å². The largest absolute Gasteiger partial charge is 2.00 e. The van der Waals surface area contributed by atoms with Crippen molar-refractivity contribution in [1.82, 2.24) is 0 Å². The van der Waals surface area contributed by atoms with Gasteiger partial charge in [0.2, 0.25) is 0 Å².